The van der Waals surface area contributed by atoms with Gasteiger partial charge in [0.1, 0.15) is 11.3 Å². The lowest BCUT2D eigenvalue weighted by Gasteiger charge is -2.21. The zero-order chi connectivity index (χ0) is 26.0. The number of pyridine rings is 1. The number of H-pyrrole nitrogens is 1. The van der Waals surface area contributed by atoms with Gasteiger partial charge in [0.05, 0.1) is 17.4 Å². The maximum atomic E-state index is 12.9. The molecule has 4 rings (SSSR count). The molecule has 3 aromatic rings. The van der Waals surface area contributed by atoms with Gasteiger partial charge in [-0.05, 0) is 63.3 Å². The third-order valence-electron chi connectivity index (χ3n) is 6.49. The zero-order valence-electron chi connectivity index (χ0n) is 20.9. The van der Waals surface area contributed by atoms with Gasteiger partial charge in [0.2, 0.25) is 5.91 Å². The molecule has 1 fully saturated rings. The summed E-state index contributed by atoms with van der Waals surface area (Å²) in [6.07, 6.45) is 6.17. The quantitative estimate of drug-likeness (QED) is 0.138. The van der Waals surface area contributed by atoms with Gasteiger partial charge in [-0.1, -0.05) is 12.5 Å². The highest BCUT2D eigenvalue weighted by molar-refractivity contribution is 6.04. The molecule has 0 aliphatic heterocycles. The van der Waals surface area contributed by atoms with Crippen LogP contribution in [0.2, 0.25) is 0 Å². The molecule has 4 N–H and O–H groups in total. The first-order chi connectivity index (χ1) is 17.1. The highest BCUT2D eigenvalue weighted by atomic mass is 16.5. The monoisotopic (exact) mass is 495 g/mol. The molecule has 1 saturated carbocycles. The fourth-order valence-electron chi connectivity index (χ4n) is 4.23. The summed E-state index contributed by atoms with van der Waals surface area (Å²) in [5, 5.41) is 19.8. The van der Waals surface area contributed by atoms with Gasteiger partial charge in [0, 0.05) is 42.6 Å². The number of aromatic nitrogens is 2. The maximum Gasteiger partial charge on any atom is 0.274 e. The van der Waals surface area contributed by atoms with Gasteiger partial charge in [-0.15, -0.1) is 0 Å². The number of ketones is 1. The molecule has 0 atom stereocenters. The van der Waals surface area contributed by atoms with Crippen LogP contribution >= 0.6 is 0 Å². The van der Waals surface area contributed by atoms with E-state index >= 15 is 0 Å². The molecule has 9 heteroatoms. The lowest BCUT2D eigenvalue weighted by molar-refractivity contribution is -0.129. The average molecular weight is 496 g/mol. The summed E-state index contributed by atoms with van der Waals surface area (Å²) in [6, 6.07) is 7.30. The van der Waals surface area contributed by atoms with Crippen molar-refractivity contribution in [1.82, 2.24) is 15.0 Å². The number of unbranched alkanes of at least 4 members (excludes halogenated alkanes) is 2. The Balaban J connectivity index is 1.68. The number of aryl methyl sites for hydroxylation is 1. The fraction of sp³-hybridized carbons (Fsp3) is 0.444. The SMILES string of the molecule is Cn1cc(-c2cc(C(C)(C)O)ccc2OC2CC2)c2cc(C(=O)CCCCCC(=O)NO)[nH]c2c1=O. The lowest BCUT2D eigenvalue weighted by atomic mass is 9.93. The van der Waals surface area contributed by atoms with Crippen LogP contribution in [0.4, 0.5) is 0 Å². The number of aromatic amines is 1. The van der Waals surface area contributed by atoms with Crippen molar-refractivity contribution in [2.24, 2.45) is 7.05 Å². The summed E-state index contributed by atoms with van der Waals surface area (Å²) in [7, 11) is 1.66. The van der Waals surface area contributed by atoms with Gasteiger partial charge < -0.3 is 19.4 Å². The number of benzene rings is 1. The summed E-state index contributed by atoms with van der Waals surface area (Å²) in [4.78, 5) is 40.0. The number of ether oxygens (including phenoxy) is 1. The van der Waals surface area contributed by atoms with E-state index < -0.39 is 11.5 Å². The van der Waals surface area contributed by atoms with Crippen molar-refractivity contribution in [2.75, 3.05) is 0 Å². The van der Waals surface area contributed by atoms with Crippen molar-refractivity contribution < 1.29 is 24.6 Å². The van der Waals surface area contributed by atoms with Gasteiger partial charge in [-0.25, -0.2) is 5.48 Å². The highest BCUT2D eigenvalue weighted by Gasteiger charge is 2.27. The van der Waals surface area contributed by atoms with Gasteiger partial charge in [-0.3, -0.25) is 19.6 Å². The summed E-state index contributed by atoms with van der Waals surface area (Å²) < 4.78 is 7.64. The molecule has 0 unspecified atom stereocenters. The van der Waals surface area contributed by atoms with Crippen molar-refractivity contribution in [3.05, 3.63) is 52.1 Å². The molecule has 0 saturated heterocycles. The van der Waals surface area contributed by atoms with Crippen molar-refractivity contribution >= 4 is 22.6 Å². The Morgan fingerprint density at radius 3 is 2.53 bits per heavy atom. The molecule has 0 bridgehead atoms. The van der Waals surface area contributed by atoms with Gasteiger partial charge in [-0.2, -0.15) is 0 Å². The van der Waals surface area contributed by atoms with Crippen molar-refractivity contribution in [2.45, 2.75) is 70.5 Å². The summed E-state index contributed by atoms with van der Waals surface area (Å²) >= 11 is 0. The first-order valence-electron chi connectivity index (χ1n) is 12.3. The van der Waals surface area contributed by atoms with Crippen LogP contribution in [0.15, 0.2) is 35.3 Å². The number of hydrogen-bond acceptors (Lipinski definition) is 6. The van der Waals surface area contributed by atoms with Crippen LogP contribution in [0.3, 0.4) is 0 Å². The minimum absolute atomic E-state index is 0.120. The van der Waals surface area contributed by atoms with Gasteiger partial charge >= 0.3 is 0 Å². The summed E-state index contributed by atoms with van der Waals surface area (Å²) in [6.45, 7) is 3.43. The number of nitrogens with zero attached hydrogens (tertiary/aromatic N) is 1. The lowest BCUT2D eigenvalue weighted by Crippen LogP contribution is -2.18. The summed E-state index contributed by atoms with van der Waals surface area (Å²) in [5.41, 5.74) is 3.18. The Bertz CT molecular complexity index is 1340. The third-order valence-corrected chi connectivity index (χ3v) is 6.49. The number of amides is 1. The predicted molar refractivity (Wildman–Crippen MR) is 135 cm³/mol. The molecule has 9 nitrogen and oxygen atoms in total. The van der Waals surface area contributed by atoms with Crippen molar-refractivity contribution in [3.63, 3.8) is 0 Å². The van der Waals surface area contributed by atoms with E-state index in [4.69, 9.17) is 9.94 Å². The molecule has 2 heterocycles. The molecule has 0 spiro atoms. The van der Waals surface area contributed by atoms with Crippen LogP contribution in [0.5, 0.6) is 5.75 Å². The van der Waals surface area contributed by atoms with E-state index in [1.54, 1.807) is 38.6 Å². The van der Waals surface area contributed by atoms with Gasteiger partial charge in [0.25, 0.3) is 5.56 Å². The molecule has 2 aromatic heterocycles. The van der Waals surface area contributed by atoms with Crippen LogP contribution in [-0.4, -0.2) is 37.7 Å². The Kier molecular flexibility index (Phi) is 7.33. The van der Waals surface area contributed by atoms with E-state index in [2.05, 4.69) is 4.98 Å². The van der Waals surface area contributed by atoms with E-state index in [1.165, 1.54) is 4.57 Å². The molecule has 36 heavy (non-hydrogen) atoms. The second-order valence-corrected chi connectivity index (χ2v) is 10.0. The minimum atomic E-state index is -1.07. The van der Waals surface area contributed by atoms with Crippen LogP contribution < -0.4 is 15.8 Å². The fourth-order valence-corrected chi connectivity index (χ4v) is 4.23. The smallest absolute Gasteiger partial charge is 0.274 e. The number of nitrogens with one attached hydrogen (secondary N) is 2. The number of hydrogen-bond donors (Lipinski definition) is 4. The zero-order valence-corrected chi connectivity index (χ0v) is 20.9. The van der Waals surface area contributed by atoms with E-state index in [0.29, 0.717) is 47.2 Å². The Hall–Kier alpha value is -3.43. The Labute approximate surface area is 209 Å². The Morgan fingerprint density at radius 1 is 1.14 bits per heavy atom. The first kappa shape index (κ1) is 25.7. The molecule has 0 radical (unpaired) electrons. The molecule has 1 aliphatic carbocycles. The van der Waals surface area contributed by atoms with Crippen LogP contribution in [0, 0.1) is 0 Å². The first-order valence-corrected chi connectivity index (χ1v) is 12.3. The van der Waals surface area contributed by atoms with Crippen LogP contribution in [0.25, 0.3) is 22.0 Å². The van der Waals surface area contributed by atoms with Crippen molar-refractivity contribution in [1.29, 1.82) is 0 Å². The molecule has 1 aliphatic rings. The second-order valence-electron chi connectivity index (χ2n) is 10.0. The molecule has 1 amide bonds. The second kappa shape index (κ2) is 10.3. The van der Waals surface area contributed by atoms with E-state index in [9.17, 15) is 19.5 Å². The predicted octanol–water partition coefficient (Wildman–Crippen LogP) is 3.94. The largest absolute Gasteiger partial charge is 0.490 e. The Morgan fingerprint density at radius 2 is 1.86 bits per heavy atom. The highest BCUT2D eigenvalue weighted by Crippen LogP contribution is 2.40. The minimum Gasteiger partial charge on any atom is -0.490 e. The molecular formula is C27H33N3O6. The van der Waals surface area contributed by atoms with E-state index in [1.807, 2.05) is 18.2 Å². The number of carbonyl (C=O) groups excluding carboxylic acids is 2. The third kappa shape index (κ3) is 5.68. The number of hydroxylamine groups is 1. The normalized spacial score (nSPS) is 13.7. The van der Waals surface area contributed by atoms with Crippen LogP contribution in [0.1, 0.15) is 74.8 Å². The molecule has 1 aromatic carbocycles. The number of carbonyl (C=O) groups is 2. The number of rotatable bonds is 11. The van der Waals surface area contributed by atoms with Crippen molar-refractivity contribution in [3.8, 4) is 16.9 Å². The van der Waals surface area contributed by atoms with E-state index in [0.717, 1.165) is 24.0 Å². The topological polar surface area (TPSA) is 134 Å². The van der Waals surface area contributed by atoms with Crippen LogP contribution in [-0.2, 0) is 17.4 Å². The summed E-state index contributed by atoms with van der Waals surface area (Å²) in [5.74, 6) is 0.107. The number of fused-ring (bicyclic) bond motifs is 1. The molecule has 192 valence electrons. The maximum absolute atomic E-state index is 12.9. The van der Waals surface area contributed by atoms with E-state index in [-0.39, 0.29) is 30.3 Å². The number of aliphatic hydroxyl groups is 1. The number of Topliss-reactive ketones (excluding diaryl/α,β-unsaturated/α-hetero) is 1. The van der Waals surface area contributed by atoms with Gasteiger partial charge in [0.15, 0.2) is 5.78 Å². The molecular weight excluding hydrogens is 462 g/mol. The standard InChI is InChI=1S/C27H33N3O6/c1-27(2,34)16-9-12-23(36-17-10-11-17)18(13-16)20-15-30(3)26(33)25-19(20)14-21(28-25)22(31)7-5-4-6-8-24(32)29-35/h9,12-15,17,28,34-35H,4-8,10-11H2,1-3H3,(H,29,32). The average Bonchev–Trinajstić information content (AvgIpc) is 3.54.